The number of rotatable bonds is 7. The SMILES string of the molecule is Cc1ccc(COc2ccc(C(C)OC(=O)CC=O)c(F)c2)cc1. The third kappa shape index (κ3) is 4.91. The van der Waals surface area contributed by atoms with Crippen LogP contribution >= 0.6 is 0 Å². The first-order chi connectivity index (χ1) is 11.5. The van der Waals surface area contributed by atoms with Gasteiger partial charge in [0.1, 0.15) is 37.0 Å². The van der Waals surface area contributed by atoms with Crippen LogP contribution in [-0.4, -0.2) is 12.3 Å². The molecule has 0 aliphatic carbocycles. The molecular weight excluding hydrogens is 311 g/mol. The Labute approximate surface area is 140 Å². The third-order valence-electron chi connectivity index (χ3n) is 3.49. The van der Waals surface area contributed by atoms with Crippen LogP contribution in [0.4, 0.5) is 4.39 Å². The maximum absolute atomic E-state index is 14.2. The molecule has 0 fully saturated rings. The average molecular weight is 330 g/mol. The number of benzene rings is 2. The molecule has 4 nitrogen and oxygen atoms in total. The van der Waals surface area contributed by atoms with Gasteiger partial charge >= 0.3 is 5.97 Å². The topological polar surface area (TPSA) is 52.6 Å². The first-order valence-electron chi connectivity index (χ1n) is 7.60. The molecule has 0 aliphatic rings. The van der Waals surface area contributed by atoms with Crippen LogP contribution < -0.4 is 4.74 Å². The zero-order chi connectivity index (χ0) is 17.5. The summed E-state index contributed by atoms with van der Waals surface area (Å²) in [4.78, 5) is 21.5. The molecule has 24 heavy (non-hydrogen) atoms. The lowest BCUT2D eigenvalue weighted by molar-refractivity contribution is -0.149. The standard InChI is InChI=1S/C19H19FO4/c1-13-3-5-15(6-4-13)12-23-16-7-8-17(18(20)11-16)14(2)24-19(22)9-10-21/h3-8,10-11,14H,9,12H2,1-2H3. The highest BCUT2D eigenvalue weighted by Gasteiger charge is 2.16. The summed E-state index contributed by atoms with van der Waals surface area (Å²) in [5, 5.41) is 0. The van der Waals surface area contributed by atoms with Gasteiger partial charge in [-0.2, -0.15) is 0 Å². The minimum Gasteiger partial charge on any atom is -0.489 e. The summed E-state index contributed by atoms with van der Waals surface area (Å²) in [5.41, 5.74) is 2.38. The minimum atomic E-state index is -0.774. The van der Waals surface area contributed by atoms with Crippen molar-refractivity contribution in [3.8, 4) is 5.75 Å². The lowest BCUT2D eigenvalue weighted by Crippen LogP contribution is -2.10. The quantitative estimate of drug-likeness (QED) is 0.439. The van der Waals surface area contributed by atoms with Crippen molar-refractivity contribution in [2.75, 3.05) is 0 Å². The Kier molecular flexibility index (Phi) is 6.07. The molecule has 0 aromatic heterocycles. The normalized spacial score (nSPS) is 11.6. The predicted molar refractivity (Wildman–Crippen MR) is 87.1 cm³/mol. The van der Waals surface area contributed by atoms with Crippen molar-refractivity contribution >= 4 is 12.3 Å². The number of aryl methyl sites for hydroxylation is 1. The lowest BCUT2D eigenvalue weighted by Gasteiger charge is -2.15. The van der Waals surface area contributed by atoms with Gasteiger partial charge in [0.25, 0.3) is 0 Å². The Morgan fingerprint density at radius 3 is 2.54 bits per heavy atom. The molecule has 0 bridgehead atoms. The van der Waals surface area contributed by atoms with E-state index in [0.717, 1.165) is 11.1 Å². The van der Waals surface area contributed by atoms with Crippen LogP contribution in [-0.2, 0) is 20.9 Å². The second-order valence-electron chi connectivity index (χ2n) is 5.46. The van der Waals surface area contributed by atoms with Crippen LogP contribution in [0, 0.1) is 12.7 Å². The highest BCUT2D eigenvalue weighted by molar-refractivity contribution is 5.83. The minimum absolute atomic E-state index is 0.233. The van der Waals surface area contributed by atoms with E-state index in [0.29, 0.717) is 18.6 Å². The average Bonchev–Trinajstić information content (AvgIpc) is 2.54. The van der Waals surface area contributed by atoms with Gasteiger partial charge in [-0.25, -0.2) is 4.39 Å². The largest absolute Gasteiger partial charge is 0.489 e. The molecular formula is C19H19FO4. The number of halogens is 1. The highest BCUT2D eigenvalue weighted by atomic mass is 19.1. The molecule has 1 unspecified atom stereocenters. The zero-order valence-corrected chi connectivity index (χ0v) is 13.6. The number of aldehydes is 1. The summed E-state index contributed by atoms with van der Waals surface area (Å²) in [6, 6.07) is 12.3. The van der Waals surface area contributed by atoms with E-state index < -0.39 is 17.9 Å². The van der Waals surface area contributed by atoms with Crippen LogP contribution in [0.3, 0.4) is 0 Å². The molecule has 126 valence electrons. The molecule has 0 saturated heterocycles. The van der Waals surface area contributed by atoms with E-state index in [2.05, 4.69) is 0 Å². The summed E-state index contributed by atoms with van der Waals surface area (Å²) >= 11 is 0. The molecule has 0 spiro atoms. The van der Waals surface area contributed by atoms with Gasteiger partial charge in [0.05, 0.1) is 0 Å². The summed E-state index contributed by atoms with van der Waals surface area (Å²) in [6.07, 6.45) is -0.666. The molecule has 2 rings (SSSR count). The first-order valence-corrected chi connectivity index (χ1v) is 7.60. The summed E-state index contributed by atoms with van der Waals surface area (Å²) in [7, 11) is 0. The number of hydrogen-bond acceptors (Lipinski definition) is 4. The van der Waals surface area contributed by atoms with Gasteiger partial charge in [0, 0.05) is 11.6 Å². The molecule has 2 aromatic carbocycles. The Balaban J connectivity index is 1.99. The first kappa shape index (κ1) is 17.7. The molecule has 5 heteroatoms. The van der Waals surface area contributed by atoms with E-state index in [9.17, 15) is 14.0 Å². The van der Waals surface area contributed by atoms with Gasteiger partial charge in [-0.3, -0.25) is 4.79 Å². The molecule has 0 amide bonds. The van der Waals surface area contributed by atoms with Gasteiger partial charge in [-0.05, 0) is 31.5 Å². The number of ether oxygens (including phenoxy) is 2. The van der Waals surface area contributed by atoms with Gasteiger partial charge < -0.3 is 14.3 Å². The smallest absolute Gasteiger partial charge is 0.313 e. The van der Waals surface area contributed by atoms with Gasteiger partial charge in [0.2, 0.25) is 0 Å². The molecule has 0 aliphatic heterocycles. The van der Waals surface area contributed by atoms with Crippen molar-refractivity contribution in [1.29, 1.82) is 0 Å². The fourth-order valence-corrected chi connectivity index (χ4v) is 2.16. The number of hydrogen-bond donors (Lipinski definition) is 0. The van der Waals surface area contributed by atoms with Crippen molar-refractivity contribution in [2.24, 2.45) is 0 Å². The maximum Gasteiger partial charge on any atom is 0.313 e. The van der Waals surface area contributed by atoms with Gasteiger partial charge in [0.15, 0.2) is 0 Å². The van der Waals surface area contributed by atoms with E-state index in [4.69, 9.17) is 9.47 Å². The summed E-state index contributed by atoms with van der Waals surface area (Å²) in [5.74, 6) is -0.817. The van der Waals surface area contributed by atoms with Crippen LogP contribution in [0.1, 0.15) is 36.1 Å². The van der Waals surface area contributed by atoms with Crippen LogP contribution in [0.5, 0.6) is 5.75 Å². The monoisotopic (exact) mass is 330 g/mol. The highest BCUT2D eigenvalue weighted by Crippen LogP contribution is 2.25. The van der Waals surface area contributed by atoms with Crippen molar-refractivity contribution in [3.05, 3.63) is 65.0 Å². The van der Waals surface area contributed by atoms with Gasteiger partial charge in [-0.15, -0.1) is 0 Å². The number of carbonyl (C=O) groups excluding carboxylic acids is 2. The Bertz CT molecular complexity index is 710. The fourth-order valence-electron chi connectivity index (χ4n) is 2.16. The summed E-state index contributed by atoms with van der Waals surface area (Å²) < 4.78 is 24.7. The van der Waals surface area contributed by atoms with Crippen LogP contribution in [0.15, 0.2) is 42.5 Å². The molecule has 0 heterocycles. The van der Waals surface area contributed by atoms with E-state index >= 15 is 0 Å². The molecule has 1 atom stereocenters. The second-order valence-corrected chi connectivity index (χ2v) is 5.46. The van der Waals surface area contributed by atoms with Crippen LogP contribution in [0.25, 0.3) is 0 Å². The zero-order valence-electron chi connectivity index (χ0n) is 13.6. The van der Waals surface area contributed by atoms with E-state index in [1.807, 2.05) is 31.2 Å². The Hall–Kier alpha value is -2.69. The van der Waals surface area contributed by atoms with Crippen LogP contribution in [0.2, 0.25) is 0 Å². The molecule has 0 saturated carbocycles. The maximum atomic E-state index is 14.2. The number of esters is 1. The Morgan fingerprint density at radius 1 is 1.21 bits per heavy atom. The van der Waals surface area contributed by atoms with Crippen molar-refractivity contribution in [1.82, 2.24) is 0 Å². The molecule has 0 N–H and O–H groups in total. The van der Waals surface area contributed by atoms with Crippen molar-refractivity contribution in [2.45, 2.75) is 33.0 Å². The second kappa shape index (κ2) is 8.24. The molecule has 0 radical (unpaired) electrons. The van der Waals surface area contributed by atoms with Crippen molar-refractivity contribution in [3.63, 3.8) is 0 Å². The van der Waals surface area contributed by atoms with Gasteiger partial charge in [-0.1, -0.05) is 29.8 Å². The summed E-state index contributed by atoms with van der Waals surface area (Å²) in [6.45, 7) is 3.89. The van der Waals surface area contributed by atoms with Crippen molar-refractivity contribution < 1.29 is 23.5 Å². The Morgan fingerprint density at radius 2 is 1.92 bits per heavy atom. The fraction of sp³-hybridized carbons (Fsp3) is 0.263. The predicted octanol–water partition coefficient (Wildman–Crippen LogP) is 3.91. The van der Waals surface area contributed by atoms with E-state index in [-0.39, 0.29) is 12.0 Å². The number of carbonyl (C=O) groups is 2. The van der Waals surface area contributed by atoms with E-state index in [1.54, 1.807) is 13.0 Å². The molecule has 2 aromatic rings. The lowest BCUT2D eigenvalue weighted by atomic mass is 10.1. The third-order valence-corrected chi connectivity index (χ3v) is 3.49. The van der Waals surface area contributed by atoms with E-state index in [1.165, 1.54) is 12.1 Å².